The first-order chi connectivity index (χ1) is 10.1. The molecule has 1 rings (SSSR count). The number of hydrogen-bond donors (Lipinski definition) is 2. The maximum absolute atomic E-state index is 9.86. The molecule has 0 fully saturated rings. The molecule has 1 aromatic rings. The van der Waals surface area contributed by atoms with Crippen molar-refractivity contribution in [3.8, 4) is 11.5 Å². The van der Waals surface area contributed by atoms with Crippen molar-refractivity contribution >= 4 is 0 Å². The average molecular weight is 299 g/mol. The van der Waals surface area contributed by atoms with Crippen LogP contribution in [0.15, 0.2) is 18.2 Å². The fourth-order valence-corrected chi connectivity index (χ4v) is 1.75. The first-order valence-electron chi connectivity index (χ1n) is 6.89. The van der Waals surface area contributed by atoms with Crippen LogP contribution in [0.3, 0.4) is 0 Å². The highest BCUT2D eigenvalue weighted by atomic mass is 16.5. The van der Waals surface area contributed by atoms with Gasteiger partial charge in [-0.3, -0.25) is 0 Å². The van der Waals surface area contributed by atoms with E-state index in [1.165, 1.54) is 0 Å². The van der Waals surface area contributed by atoms with Gasteiger partial charge in [0, 0.05) is 13.7 Å². The fourth-order valence-electron chi connectivity index (χ4n) is 1.75. The van der Waals surface area contributed by atoms with Gasteiger partial charge in [-0.2, -0.15) is 0 Å². The van der Waals surface area contributed by atoms with E-state index in [0.29, 0.717) is 24.7 Å². The molecule has 0 aromatic heterocycles. The van der Waals surface area contributed by atoms with Crippen LogP contribution < -0.4 is 15.2 Å². The lowest BCUT2D eigenvalue weighted by Gasteiger charge is -2.17. The largest absolute Gasteiger partial charge is 0.493 e. The standard InChI is InChI=1S/C15H25NO5/c1-11(8-18-2)20-9-13(17)10-21-15-6-12(7-16)4-5-14(15)19-3/h4-6,11,13,17H,7-10,16H2,1-3H3. The molecule has 0 aliphatic carbocycles. The Bertz CT molecular complexity index is 413. The van der Waals surface area contributed by atoms with Gasteiger partial charge >= 0.3 is 0 Å². The predicted molar refractivity (Wildman–Crippen MR) is 79.7 cm³/mol. The molecule has 0 heterocycles. The lowest BCUT2D eigenvalue weighted by molar-refractivity contribution is -0.0424. The number of methoxy groups -OCH3 is 2. The van der Waals surface area contributed by atoms with Crippen LogP contribution in [0.1, 0.15) is 12.5 Å². The van der Waals surface area contributed by atoms with Crippen molar-refractivity contribution in [3.05, 3.63) is 23.8 Å². The molecule has 1 aromatic carbocycles. The second kappa shape index (κ2) is 9.57. The summed E-state index contributed by atoms with van der Waals surface area (Å²) in [6, 6.07) is 5.47. The van der Waals surface area contributed by atoms with Crippen molar-refractivity contribution in [2.24, 2.45) is 5.73 Å². The highest BCUT2D eigenvalue weighted by Gasteiger charge is 2.11. The number of nitrogens with two attached hydrogens (primary N) is 1. The Morgan fingerprint density at radius 3 is 2.52 bits per heavy atom. The lowest BCUT2D eigenvalue weighted by Crippen LogP contribution is -2.27. The predicted octanol–water partition coefficient (Wildman–Crippen LogP) is 0.945. The molecular formula is C15H25NO5. The summed E-state index contributed by atoms with van der Waals surface area (Å²) in [5.74, 6) is 1.16. The number of rotatable bonds is 10. The molecule has 0 aliphatic rings. The van der Waals surface area contributed by atoms with E-state index in [9.17, 15) is 5.11 Å². The minimum Gasteiger partial charge on any atom is -0.493 e. The zero-order chi connectivity index (χ0) is 15.7. The summed E-state index contributed by atoms with van der Waals surface area (Å²) < 4.78 is 21.2. The first kappa shape index (κ1) is 17.7. The van der Waals surface area contributed by atoms with Gasteiger partial charge in [-0.15, -0.1) is 0 Å². The van der Waals surface area contributed by atoms with Gasteiger partial charge in [0.2, 0.25) is 0 Å². The highest BCUT2D eigenvalue weighted by molar-refractivity contribution is 5.42. The summed E-state index contributed by atoms with van der Waals surface area (Å²) in [4.78, 5) is 0. The average Bonchev–Trinajstić information content (AvgIpc) is 2.50. The Morgan fingerprint density at radius 1 is 1.14 bits per heavy atom. The molecule has 120 valence electrons. The fraction of sp³-hybridized carbons (Fsp3) is 0.600. The van der Waals surface area contributed by atoms with E-state index in [-0.39, 0.29) is 19.3 Å². The third kappa shape index (κ3) is 6.31. The van der Waals surface area contributed by atoms with Crippen LogP contribution in [0.5, 0.6) is 11.5 Å². The van der Waals surface area contributed by atoms with E-state index >= 15 is 0 Å². The van der Waals surface area contributed by atoms with Crippen LogP contribution >= 0.6 is 0 Å². The van der Waals surface area contributed by atoms with Gasteiger partial charge in [0.05, 0.1) is 26.4 Å². The summed E-state index contributed by atoms with van der Waals surface area (Å²) in [6.07, 6.45) is -0.796. The van der Waals surface area contributed by atoms with Gasteiger partial charge in [0.1, 0.15) is 12.7 Å². The molecule has 2 atom stereocenters. The van der Waals surface area contributed by atoms with Crippen molar-refractivity contribution in [1.82, 2.24) is 0 Å². The Balaban J connectivity index is 2.46. The molecule has 0 saturated carbocycles. The number of aliphatic hydroxyl groups excluding tert-OH is 1. The number of aliphatic hydroxyl groups is 1. The van der Waals surface area contributed by atoms with E-state index in [0.717, 1.165) is 5.56 Å². The van der Waals surface area contributed by atoms with E-state index in [4.69, 9.17) is 24.7 Å². The Morgan fingerprint density at radius 2 is 1.90 bits per heavy atom. The monoisotopic (exact) mass is 299 g/mol. The molecule has 6 nitrogen and oxygen atoms in total. The van der Waals surface area contributed by atoms with Crippen molar-refractivity contribution in [2.75, 3.05) is 34.0 Å². The molecular weight excluding hydrogens is 274 g/mol. The summed E-state index contributed by atoms with van der Waals surface area (Å²) in [7, 11) is 3.17. The van der Waals surface area contributed by atoms with E-state index in [1.54, 1.807) is 26.4 Å². The second-order valence-corrected chi connectivity index (χ2v) is 4.75. The van der Waals surface area contributed by atoms with Crippen LogP contribution in [0.2, 0.25) is 0 Å². The number of ether oxygens (including phenoxy) is 4. The van der Waals surface area contributed by atoms with Crippen LogP contribution in [-0.2, 0) is 16.0 Å². The van der Waals surface area contributed by atoms with Gasteiger partial charge in [0.25, 0.3) is 0 Å². The Labute approximate surface area is 125 Å². The zero-order valence-corrected chi connectivity index (χ0v) is 12.9. The summed E-state index contributed by atoms with van der Waals surface area (Å²) in [5.41, 5.74) is 6.53. The highest BCUT2D eigenvalue weighted by Crippen LogP contribution is 2.28. The van der Waals surface area contributed by atoms with Gasteiger partial charge in [-0.25, -0.2) is 0 Å². The molecule has 21 heavy (non-hydrogen) atoms. The van der Waals surface area contributed by atoms with E-state index in [2.05, 4.69) is 0 Å². The van der Waals surface area contributed by atoms with Crippen molar-refractivity contribution in [1.29, 1.82) is 0 Å². The molecule has 0 radical (unpaired) electrons. The zero-order valence-electron chi connectivity index (χ0n) is 12.9. The second-order valence-electron chi connectivity index (χ2n) is 4.75. The smallest absolute Gasteiger partial charge is 0.161 e. The third-order valence-electron chi connectivity index (χ3n) is 2.87. The van der Waals surface area contributed by atoms with Crippen LogP contribution in [0.25, 0.3) is 0 Å². The SMILES string of the molecule is COCC(C)OCC(O)COc1cc(CN)ccc1OC. The molecule has 0 bridgehead atoms. The van der Waals surface area contributed by atoms with E-state index < -0.39 is 6.10 Å². The van der Waals surface area contributed by atoms with Gasteiger partial charge in [0.15, 0.2) is 11.5 Å². The molecule has 0 aliphatic heterocycles. The van der Waals surface area contributed by atoms with Crippen LogP contribution in [0.4, 0.5) is 0 Å². The van der Waals surface area contributed by atoms with Crippen LogP contribution in [0, 0.1) is 0 Å². The quantitative estimate of drug-likeness (QED) is 0.669. The number of benzene rings is 1. The molecule has 6 heteroatoms. The molecule has 2 unspecified atom stereocenters. The third-order valence-corrected chi connectivity index (χ3v) is 2.87. The molecule has 0 spiro atoms. The summed E-state index contributed by atoms with van der Waals surface area (Å²) in [5, 5.41) is 9.86. The number of hydrogen-bond acceptors (Lipinski definition) is 6. The first-order valence-corrected chi connectivity index (χ1v) is 6.89. The summed E-state index contributed by atoms with van der Waals surface area (Å²) in [6.45, 7) is 3.08. The molecule has 3 N–H and O–H groups in total. The minimum absolute atomic E-state index is 0.0697. The molecule has 0 saturated heterocycles. The lowest BCUT2D eigenvalue weighted by atomic mass is 10.2. The van der Waals surface area contributed by atoms with Gasteiger partial charge in [-0.05, 0) is 24.6 Å². The minimum atomic E-state index is -0.726. The van der Waals surface area contributed by atoms with Crippen molar-refractivity contribution in [3.63, 3.8) is 0 Å². The summed E-state index contributed by atoms with van der Waals surface area (Å²) >= 11 is 0. The van der Waals surface area contributed by atoms with Crippen molar-refractivity contribution in [2.45, 2.75) is 25.7 Å². The molecule has 0 amide bonds. The van der Waals surface area contributed by atoms with Crippen molar-refractivity contribution < 1.29 is 24.1 Å². The topological polar surface area (TPSA) is 83.2 Å². The Hall–Kier alpha value is -1.34. The maximum Gasteiger partial charge on any atom is 0.161 e. The maximum atomic E-state index is 9.86. The van der Waals surface area contributed by atoms with Gasteiger partial charge in [-0.1, -0.05) is 6.07 Å². The van der Waals surface area contributed by atoms with Gasteiger partial charge < -0.3 is 29.8 Å². The Kier molecular flexibility index (Phi) is 8.07. The van der Waals surface area contributed by atoms with Crippen LogP contribution in [-0.4, -0.2) is 51.4 Å². The van der Waals surface area contributed by atoms with E-state index in [1.807, 2.05) is 13.0 Å². The normalized spacial score (nSPS) is 13.8.